The monoisotopic (exact) mass is 554 g/mol. The first-order chi connectivity index (χ1) is 17.5. The lowest BCUT2D eigenvalue weighted by Gasteiger charge is -2.29. The van der Waals surface area contributed by atoms with Gasteiger partial charge in [-0.05, 0) is 39.0 Å². The molecule has 12 nitrogen and oxygen atoms in total. The van der Waals surface area contributed by atoms with Crippen LogP contribution in [0.25, 0.3) is 11.0 Å². The van der Waals surface area contributed by atoms with Gasteiger partial charge in [0.05, 0.1) is 24.7 Å². The molecule has 14 heteroatoms. The number of carbonyl (C=O) groups is 1. The van der Waals surface area contributed by atoms with Gasteiger partial charge in [0.1, 0.15) is 41.1 Å². The first-order valence-corrected chi connectivity index (χ1v) is 13.4. The van der Waals surface area contributed by atoms with E-state index in [1.807, 2.05) is 0 Å². The van der Waals surface area contributed by atoms with Crippen molar-refractivity contribution in [3.05, 3.63) is 54.1 Å². The van der Waals surface area contributed by atoms with Gasteiger partial charge in [-0.15, -0.1) is 0 Å². The van der Waals surface area contributed by atoms with Gasteiger partial charge >= 0.3 is 13.7 Å². The Hall–Kier alpha value is -2.57. The zero-order chi connectivity index (χ0) is 26.8. The van der Waals surface area contributed by atoms with E-state index in [4.69, 9.17) is 30.1 Å². The fourth-order valence-corrected chi connectivity index (χ4v) is 5.49. The molecule has 1 aliphatic heterocycles. The molecule has 3 N–H and O–H groups in total. The van der Waals surface area contributed by atoms with Crippen molar-refractivity contribution in [3.63, 3.8) is 0 Å². The number of carbonyl (C=O) groups excluding carboxylic acids is 1. The Morgan fingerprint density at radius 3 is 2.73 bits per heavy atom. The maximum Gasteiger partial charge on any atom is 0.459 e. The summed E-state index contributed by atoms with van der Waals surface area (Å²) in [6, 6.07) is 8.81. The molecule has 200 valence electrons. The standard InChI is InChI=1S/C23H28ClN4O8P/c1-14(2)35-22(30)15(3)27-37(32,36-16-7-5-4-6-8-16)34-11-18-19(29)23(31,12-33-18)28-10-9-17-20(24)25-13-26-21(17)28/h4-10,13-15,18-19,29,31H,11-12H2,1-3H3,(H,27,32). The van der Waals surface area contributed by atoms with Crippen molar-refractivity contribution < 1.29 is 38.1 Å². The van der Waals surface area contributed by atoms with Crippen LogP contribution >= 0.6 is 19.3 Å². The molecule has 2 aromatic heterocycles. The van der Waals surface area contributed by atoms with Crippen molar-refractivity contribution in [1.29, 1.82) is 0 Å². The number of rotatable bonds is 10. The number of halogens is 1. The number of aliphatic hydroxyl groups excluding tert-OH is 1. The minimum Gasteiger partial charge on any atom is -0.462 e. The van der Waals surface area contributed by atoms with Gasteiger partial charge < -0.3 is 24.2 Å². The van der Waals surface area contributed by atoms with Gasteiger partial charge in [0.25, 0.3) is 0 Å². The summed E-state index contributed by atoms with van der Waals surface area (Å²) in [5, 5.41) is 25.5. The molecule has 37 heavy (non-hydrogen) atoms. The number of nitrogens with zero attached hydrogens (tertiary/aromatic N) is 3. The number of nitrogens with one attached hydrogen (secondary N) is 1. The van der Waals surface area contributed by atoms with E-state index in [0.717, 1.165) is 0 Å². The van der Waals surface area contributed by atoms with Gasteiger partial charge in [0.2, 0.25) is 0 Å². The molecule has 0 bridgehead atoms. The third kappa shape index (κ3) is 5.96. The molecule has 0 amide bonds. The number of ether oxygens (including phenoxy) is 2. The molecule has 0 spiro atoms. The van der Waals surface area contributed by atoms with Crippen LogP contribution in [0.15, 0.2) is 48.9 Å². The second kappa shape index (κ2) is 11.0. The number of hydrogen-bond donors (Lipinski definition) is 3. The van der Waals surface area contributed by atoms with Crippen LogP contribution in [0, 0.1) is 0 Å². The Morgan fingerprint density at radius 1 is 1.30 bits per heavy atom. The van der Waals surface area contributed by atoms with Crippen LogP contribution in [0.1, 0.15) is 20.8 Å². The van der Waals surface area contributed by atoms with E-state index < -0.39 is 44.3 Å². The molecule has 1 aliphatic rings. The molecular weight excluding hydrogens is 527 g/mol. The fourth-order valence-electron chi connectivity index (χ4n) is 3.79. The second-order valence-corrected chi connectivity index (χ2v) is 10.8. The van der Waals surface area contributed by atoms with Crippen LogP contribution in [0.3, 0.4) is 0 Å². The first-order valence-electron chi connectivity index (χ1n) is 11.5. The van der Waals surface area contributed by atoms with Crippen molar-refractivity contribution >= 4 is 36.4 Å². The molecule has 1 aromatic carbocycles. The Morgan fingerprint density at radius 2 is 2.03 bits per heavy atom. The van der Waals surface area contributed by atoms with Gasteiger partial charge in [-0.25, -0.2) is 14.5 Å². The number of esters is 1. The number of aromatic nitrogens is 3. The molecule has 5 unspecified atom stereocenters. The number of hydrogen-bond acceptors (Lipinski definition) is 10. The molecule has 3 heterocycles. The zero-order valence-electron chi connectivity index (χ0n) is 20.4. The zero-order valence-corrected chi connectivity index (χ0v) is 22.0. The molecular formula is C23H28ClN4O8P. The largest absolute Gasteiger partial charge is 0.462 e. The van der Waals surface area contributed by atoms with Crippen molar-refractivity contribution in [2.45, 2.75) is 50.8 Å². The summed E-state index contributed by atoms with van der Waals surface area (Å²) in [5.41, 5.74) is -1.62. The second-order valence-electron chi connectivity index (χ2n) is 8.79. The molecule has 0 aliphatic carbocycles. The Bertz CT molecular complexity index is 1290. The normalized spacial score (nSPS) is 24.2. The van der Waals surface area contributed by atoms with E-state index in [2.05, 4.69) is 15.1 Å². The van der Waals surface area contributed by atoms with Gasteiger partial charge in [-0.3, -0.25) is 13.9 Å². The number of aliphatic hydroxyl groups is 2. The highest BCUT2D eigenvalue weighted by atomic mass is 35.5. The third-order valence-electron chi connectivity index (χ3n) is 5.62. The summed E-state index contributed by atoms with van der Waals surface area (Å²) >= 11 is 6.10. The molecule has 0 radical (unpaired) electrons. The summed E-state index contributed by atoms with van der Waals surface area (Å²) in [6.45, 7) is 4.08. The summed E-state index contributed by atoms with van der Waals surface area (Å²) in [4.78, 5) is 20.4. The van der Waals surface area contributed by atoms with Crippen LogP contribution in [-0.4, -0.2) is 68.3 Å². The summed E-state index contributed by atoms with van der Waals surface area (Å²) in [6.07, 6.45) is -0.246. The highest BCUT2D eigenvalue weighted by molar-refractivity contribution is 7.52. The number of para-hydroxylation sites is 1. The van der Waals surface area contributed by atoms with E-state index in [-0.39, 0.29) is 23.6 Å². The van der Waals surface area contributed by atoms with Crippen LogP contribution in [0.5, 0.6) is 5.75 Å². The minimum absolute atomic E-state index is 0.191. The first kappa shape index (κ1) is 27.5. The van der Waals surface area contributed by atoms with Crippen molar-refractivity contribution in [1.82, 2.24) is 19.6 Å². The van der Waals surface area contributed by atoms with Gasteiger partial charge in [0, 0.05) is 6.20 Å². The SMILES string of the molecule is CC(C)OC(=O)C(C)NP(=O)(OCC1OCC(O)(n2ccc3c(Cl)ncnc32)C1O)Oc1ccccc1. The van der Waals surface area contributed by atoms with E-state index in [1.54, 1.807) is 50.2 Å². The topological polar surface area (TPSA) is 154 Å². The molecule has 1 saturated heterocycles. The van der Waals surface area contributed by atoms with Crippen LogP contribution in [-0.2, 0) is 29.1 Å². The molecule has 0 saturated carbocycles. The maximum absolute atomic E-state index is 13.6. The lowest BCUT2D eigenvalue weighted by atomic mass is 10.1. The average Bonchev–Trinajstić information content (AvgIpc) is 3.41. The summed E-state index contributed by atoms with van der Waals surface area (Å²) in [5.74, 6) is -0.426. The fraction of sp³-hybridized carbons (Fsp3) is 0.435. The smallest absolute Gasteiger partial charge is 0.459 e. The Balaban J connectivity index is 1.51. The van der Waals surface area contributed by atoms with E-state index >= 15 is 0 Å². The Kier molecular flexibility index (Phi) is 8.20. The van der Waals surface area contributed by atoms with Crippen LogP contribution in [0.4, 0.5) is 0 Å². The summed E-state index contributed by atoms with van der Waals surface area (Å²) in [7, 11) is -4.19. The quantitative estimate of drug-likeness (QED) is 0.192. The van der Waals surface area contributed by atoms with Gasteiger partial charge in [-0.1, -0.05) is 29.8 Å². The van der Waals surface area contributed by atoms with E-state index in [9.17, 15) is 19.6 Å². The van der Waals surface area contributed by atoms with Gasteiger partial charge in [-0.2, -0.15) is 5.09 Å². The highest BCUT2D eigenvalue weighted by Gasteiger charge is 2.51. The number of benzene rings is 1. The summed E-state index contributed by atoms with van der Waals surface area (Å²) < 4.78 is 37.0. The highest BCUT2D eigenvalue weighted by Crippen LogP contribution is 2.46. The predicted molar refractivity (Wildman–Crippen MR) is 133 cm³/mol. The van der Waals surface area contributed by atoms with Crippen molar-refractivity contribution in [3.8, 4) is 5.75 Å². The molecule has 3 aromatic rings. The lowest BCUT2D eigenvalue weighted by Crippen LogP contribution is -2.47. The third-order valence-corrected chi connectivity index (χ3v) is 7.57. The van der Waals surface area contributed by atoms with Crippen LogP contribution in [0.2, 0.25) is 5.15 Å². The predicted octanol–water partition coefficient (Wildman–Crippen LogP) is 2.62. The number of fused-ring (bicyclic) bond motifs is 1. The lowest BCUT2D eigenvalue weighted by molar-refractivity contribution is -0.149. The van der Waals surface area contributed by atoms with Crippen molar-refractivity contribution in [2.75, 3.05) is 13.2 Å². The molecule has 4 rings (SSSR count). The van der Waals surface area contributed by atoms with Crippen LogP contribution < -0.4 is 9.61 Å². The van der Waals surface area contributed by atoms with Gasteiger partial charge in [0.15, 0.2) is 5.72 Å². The molecule has 5 atom stereocenters. The maximum atomic E-state index is 13.6. The average molecular weight is 555 g/mol. The van der Waals surface area contributed by atoms with Crippen molar-refractivity contribution in [2.24, 2.45) is 0 Å². The Labute approximate surface area is 218 Å². The van der Waals surface area contributed by atoms with E-state index in [0.29, 0.717) is 11.0 Å². The minimum atomic E-state index is -4.19. The van der Waals surface area contributed by atoms with E-state index in [1.165, 1.54) is 24.0 Å². The molecule has 1 fully saturated rings.